The molecule has 96 valence electrons. The molecule has 16 heavy (non-hydrogen) atoms. The summed E-state index contributed by atoms with van der Waals surface area (Å²) in [4.78, 5) is 14.0. The topological polar surface area (TPSA) is 55.6 Å². The van der Waals surface area contributed by atoms with Gasteiger partial charge in [-0.05, 0) is 27.2 Å². The zero-order valence-electron chi connectivity index (χ0n) is 11.2. The molecule has 0 saturated carbocycles. The Morgan fingerprint density at radius 3 is 2.44 bits per heavy atom. The molecule has 0 aliphatic rings. The smallest absolute Gasteiger partial charge is 0.242 e. The third-order valence-corrected chi connectivity index (χ3v) is 2.68. The molecule has 0 radical (unpaired) electrons. The second-order valence-electron chi connectivity index (χ2n) is 4.75. The van der Waals surface area contributed by atoms with Crippen LogP contribution in [0.1, 0.15) is 40.5 Å². The highest BCUT2D eigenvalue weighted by atomic mass is 16.5. The lowest BCUT2D eigenvalue weighted by molar-refractivity contribution is -0.139. The minimum absolute atomic E-state index is 0.0152. The Labute approximate surface area is 99.1 Å². The van der Waals surface area contributed by atoms with Gasteiger partial charge in [0.2, 0.25) is 5.91 Å². The quantitative estimate of drug-likeness (QED) is 0.719. The predicted molar refractivity (Wildman–Crippen MR) is 66.2 cm³/mol. The number of carbonyl (C=O) groups excluding carboxylic acids is 1. The van der Waals surface area contributed by atoms with Crippen molar-refractivity contribution in [1.29, 1.82) is 0 Å². The van der Waals surface area contributed by atoms with Crippen molar-refractivity contribution < 1.29 is 9.53 Å². The molecule has 0 spiro atoms. The number of nitrogens with two attached hydrogens (primary N) is 1. The van der Waals surface area contributed by atoms with Crippen LogP contribution in [0.25, 0.3) is 0 Å². The molecule has 1 atom stereocenters. The molecule has 0 bridgehead atoms. The van der Waals surface area contributed by atoms with E-state index in [0.29, 0.717) is 19.6 Å². The van der Waals surface area contributed by atoms with Crippen LogP contribution >= 0.6 is 0 Å². The Hall–Kier alpha value is -0.610. The number of amides is 1. The molecule has 2 N–H and O–H groups in total. The average molecular weight is 230 g/mol. The van der Waals surface area contributed by atoms with E-state index in [4.69, 9.17) is 10.5 Å². The van der Waals surface area contributed by atoms with E-state index < -0.39 is 5.54 Å². The van der Waals surface area contributed by atoms with Gasteiger partial charge < -0.3 is 15.4 Å². The number of ether oxygens (including phenoxy) is 1. The van der Waals surface area contributed by atoms with Gasteiger partial charge in [0.05, 0.1) is 12.1 Å². The van der Waals surface area contributed by atoms with Crippen LogP contribution in [0.4, 0.5) is 0 Å². The van der Waals surface area contributed by atoms with E-state index in [1.54, 1.807) is 18.9 Å². The zero-order valence-corrected chi connectivity index (χ0v) is 11.2. The summed E-state index contributed by atoms with van der Waals surface area (Å²) < 4.78 is 5.01. The molecule has 0 fully saturated rings. The lowest BCUT2D eigenvalue weighted by Gasteiger charge is -2.34. The summed E-state index contributed by atoms with van der Waals surface area (Å²) in [6.45, 7) is 8.98. The summed E-state index contributed by atoms with van der Waals surface area (Å²) >= 11 is 0. The van der Waals surface area contributed by atoms with E-state index in [0.717, 1.165) is 6.42 Å². The number of methoxy groups -OCH3 is 1. The van der Waals surface area contributed by atoms with Gasteiger partial charge in [0.1, 0.15) is 0 Å². The fourth-order valence-electron chi connectivity index (χ4n) is 1.74. The number of carbonyl (C=O) groups is 1. The van der Waals surface area contributed by atoms with Crippen molar-refractivity contribution >= 4 is 5.91 Å². The van der Waals surface area contributed by atoms with Crippen LogP contribution in [-0.4, -0.2) is 42.6 Å². The maximum absolute atomic E-state index is 12.2. The van der Waals surface area contributed by atoms with Gasteiger partial charge in [0.15, 0.2) is 0 Å². The van der Waals surface area contributed by atoms with Crippen molar-refractivity contribution in [2.24, 2.45) is 5.73 Å². The van der Waals surface area contributed by atoms with Gasteiger partial charge in [-0.25, -0.2) is 0 Å². The Morgan fingerprint density at radius 2 is 2.06 bits per heavy atom. The molecule has 4 nitrogen and oxygen atoms in total. The number of hydrogen-bond acceptors (Lipinski definition) is 3. The predicted octanol–water partition coefficient (Wildman–Crippen LogP) is 1.39. The second kappa shape index (κ2) is 6.86. The summed E-state index contributed by atoms with van der Waals surface area (Å²) in [6.07, 6.45) is 1.62. The van der Waals surface area contributed by atoms with Crippen molar-refractivity contribution in [3.05, 3.63) is 0 Å². The fraction of sp³-hybridized carbons (Fsp3) is 0.917. The minimum atomic E-state index is -0.757. The molecular weight excluding hydrogens is 204 g/mol. The van der Waals surface area contributed by atoms with Crippen LogP contribution < -0.4 is 5.73 Å². The monoisotopic (exact) mass is 230 g/mol. The maximum Gasteiger partial charge on any atom is 0.242 e. The largest absolute Gasteiger partial charge is 0.383 e. The lowest BCUT2D eigenvalue weighted by Crippen LogP contribution is -2.55. The van der Waals surface area contributed by atoms with Gasteiger partial charge >= 0.3 is 0 Å². The first-order valence-electron chi connectivity index (χ1n) is 5.95. The first-order chi connectivity index (χ1) is 7.36. The van der Waals surface area contributed by atoms with Gasteiger partial charge in [0.25, 0.3) is 0 Å². The second-order valence-corrected chi connectivity index (χ2v) is 4.75. The average Bonchev–Trinajstić information content (AvgIpc) is 2.17. The van der Waals surface area contributed by atoms with Gasteiger partial charge in [-0.1, -0.05) is 13.3 Å². The van der Waals surface area contributed by atoms with Crippen LogP contribution in [0.2, 0.25) is 0 Å². The summed E-state index contributed by atoms with van der Waals surface area (Å²) in [7, 11) is 1.64. The third kappa shape index (κ3) is 4.49. The molecule has 0 aliphatic heterocycles. The van der Waals surface area contributed by atoms with E-state index in [2.05, 4.69) is 0 Å². The van der Waals surface area contributed by atoms with Crippen LogP contribution in [0.3, 0.4) is 0 Å². The highest BCUT2D eigenvalue weighted by Gasteiger charge is 2.32. The molecule has 0 aromatic rings. The van der Waals surface area contributed by atoms with Gasteiger partial charge in [0, 0.05) is 19.7 Å². The summed E-state index contributed by atoms with van der Waals surface area (Å²) in [6, 6.07) is 0.155. The van der Waals surface area contributed by atoms with Gasteiger partial charge in [-0.3, -0.25) is 4.79 Å². The Morgan fingerprint density at radius 1 is 1.50 bits per heavy atom. The van der Waals surface area contributed by atoms with Crippen LogP contribution in [0, 0.1) is 0 Å². The van der Waals surface area contributed by atoms with E-state index in [1.807, 2.05) is 20.8 Å². The van der Waals surface area contributed by atoms with Crippen molar-refractivity contribution in [3.63, 3.8) is 0 Å². The number of hydrogen-bond donors (Lipinski definition) is 1. The van der Waals surface area contributed by atoms with Gasteiger partial charge in [-0.2, -0.15) is 0 Å². The Bertz CT molecular complexity index is 215. The summed E-state index contributed by atoms with van der Waals surface area (Å²) in [5, 5.41) is 0. The molecular formula is C12H26N2O2. The molecule has 0 rings (SSSR count). The SMILES string of the molecule is CCCC(C)(N)C(=O)N(CCOC)C(C)C. The number of rotatable bonds is 7. The van der Waals surface area contributed by atoms with Crippen LogP contribution in [0.5, 0.6) is 0 Å². The standard InChI is InChI=1S/C12H26N2O2/c1-6-7-12(4,13)11(15)14(10(2)3)8-9-16-5/h10H,6-9,13H2,1-5H3. The van der Waals surface area contributed by atoms with Crippen LogP contribution in [0.15, 0.2) is 0 Å². The molecule has 0 saturated heterocycles. The molecule has 0 aromatic carbocycles. The molecule has 4 heteroatoms. The minimum Gasteiger partial charge on any atom is -0.383 e. The summed E-state index contributed by atoms with van der Waals surface area (Å²) in [5.74, 6) is 0.0152. The molecule has 0 aliphatic carbocycles. The molecule has 0 heterocycles. The van der Waals surface area contributed by atoms with Crippen molar-refractivity contribution in [3.8, 4) is 0 Å². The summed E-state index contributed by atoms with van der Waals surface area (Å²) in [5.41, 5.74) is 5.29. The first-order valence-corrected chi connectivity index (χ1v) is 5.95. The van der Waals surface area contributed by atoms with Gasteiger partial charge in [-0.15, -0.1) is 0 Å². The lowest BCUT2D eigenvalue weighted by atomic mass is 9.95. The highest BCUT2D eigenvalue weighted by molar-refractivity contribution is 5.85. The highest BCUT2D eigenvalue weighted by Crippen LogP contribution is 2.14. The van der Waals surface area contributed by atoms with E-state index in [1.165, 1.54) is 0 Å². The molecule has 1 amide bonds. The third-order valence-electron chi connectivity index (χ3n) is 2.68. The van der Waals surface area contributed by atoms with Crippen molar-refractivity contribution in [2.45, 2.75) is 52.1 Å². The number of nitrogens with zero attached hydrogens (tertiary/aromatic N) is 1. The zero-order chi connectivity index (χ0) is 12.8. The fourth-order valence-corrected chi connectivity index (χ4v) is 1.74. The van der Waals surface area contributed by atoms with Crippen LogP contribution in [-0.2, 0) is 9.53 Å². The van der Waals surface area contributed by atoms with E-state index in [-0.39, 0.29) is 11.9 Å². The normalized spacial score (nSPS) is 14.9. The van der Waals surface area contributed by atoms with E-state index >= 15 is 0 Å². The molecule has 0 aromatic heterocycles. The molecule has 1 unspecified atom stereocenters. The maximum atomic E-state index is 12.2. The Balaban J connectivity index is 4.59. The first kappa shape index (κ1) is 15.4. The van der Waals surface area contributed by atoms with Crippen molar-refractivity contribution in [1.82, 2.24) is 4.90 Å². The van der Waals surface area contributed by atoms with E-state index in [9.17, 15) is 4.79 Å². The van der Waals surface area contributed by atoms with Crippen molar-refractivity contribution in [2.75, 3.05) is 20.3 Å². The Kier molecular flexibility index (Phi) is 6.60.